The molecule has 0 saturated carbocycles. The normalized spacial score (nSPS) is 11.6. The molecule has 0 saturated heterocycles. The Balaban J connectivity index is 1.68. The maximum Gasteiger partial charge on any atom is 0.331 e. The van der Waals surface area contributed by atoms with E-state index in [1.807, 2.05) is 47.0 Å². The molecule has 0 aliphatic heterocycles. The number of carboxylic acids is 1. The highest BCUT2D eigenvalue weighted by Gasteiger charge is 2.15. The minimum atomic E-state index is -0.950. The van der Waals surface area contributed by atoms with Gasteiger partial charge in [-0.3, -0.25) is 0 Å². The molecule has 2 aromatic carbocycles. The topological polar surface area (TPSA) is 110 Å². The first kappa shape index (κ1) is 23.4. The molecule has 34 heavy (non-hydrogen) atoms. The molecule has 0 radical (unpaired) electrons. The van der Waals surface area contributed by atoms with Crippen molar-refractivity contribution >= 4 is 23.6 Å². The zero-order valence-corrected chi connectivity index (χ0v) is 19.5. The molecule has 4 rings (SSSR count). The second kappa shape index (κ2) is 10.9. The summed E-state index contributed by atoms with van der Waals surface area (Å²) >= 11 is 6.61. The van der Waals surface area contributed by atoms with Gasteiger partial charge >= 0.3 is 5.97 Å². The van der Waals surface area contributed by atoms with Crippen molar-refractivity contribution in [2.75, 3.05) is 0 Å². The first-order valence-electron chi connectivity index (χ1n) is 11.1. The van der Waals surface area contributed by atoms with Crippen molar-refractivity contribution in [3.8, 4) is 11.4 Å². The van der Waals surface area contributed by atoms with E-state index in [2.05, 4.69) is 32.5 Å². The number of tetrazole rings is 1. The van der Waals surface area contributed by atoms with E-state index >= 15 is 0 Å². The summed E-state index contributed by atoms with van der Waals surface area (Å²) in [5, 5.41) is 24.4. The van der Waals surface area contributed by atoms with Gasteiger partial charge in [0.25, 0.3) is 0 Å². The van der Waals surface area contributed by atoms with Crippen LogP contribution in [0.15, 0.2) is 60.3 Å². The van der Waals surface area contributed by atoms with E-state index in [-0.39, 0.29) is 0 Å². The highest BCUT2D eigenvalue weighted by molar-refractivity contribution is 6.31. The maximum atomic E-state index is 12.0. The molecule has 2 N–H and O–H groups in total. The molecule has 0 atom stereocenters. The number of hydrogen-bond acceptors (Lipinski definition) is 5. The SMILES string of the molecule is CCCCc1ncc(/C=C(\Cc2ccccc2)C(=O)O)n1Cc1ccc(-c2nn[nH]n2)cc1Cl. The number of imidazole rings is 1. The van der Waals surface area contributed by atoms with E-state index in [0.29, 0.717) is 29.4 Å². The van der Waals surface area contributed by atoms with Crippen LogP contribution in [0.5, 0.6) is 0 Å². The van der Waals surface area contributed by atoms with Gasteiger partial charge in [-0.2, -0.15) is 5.21 Å². The fourth-order valence-corrected chi connectivity index (χ4v) is 3.95. The van der Waals surface area contributed by atoms with Gasteiger partial charge in [0.05, 0.1) is 18.4 Å². The fourth-order valence-electron chi connectivity index (χ4n) is 3.71. The summed E-state index contributed by atoms with van der Waals surface area (Å²) in [6.07, 6.45) is 6.59. The Kier molecular flexibility index (Phi) is 7.49. The standard InChI is InChI=1S/C25H25ClN6O2/c1-2-3-9-23-27-15-21(13-20(25(33)34)12-17-7-5-4-6-8-17)32(23)16-19-11-10-18(14-22(19)26)24-28-30-31-29-24/h4-8,10-11,13-15H,2-3,9,12,16H2,1H3,(H,33,34)(H,28,29,30,31)/b20-13+. The van der Waals surface area contributed by atoms with Crippen molar-refractivity contribution in [2.45, 2.75) is 39.2 Å². The minimum Gasteiger partial charge on any atom is -0.478 e. The Morgan fingerprint density at radius 2 is 2.03 bits per heavy atom. The van der Waals surface area contributed by atoms with E-state index in [1.165, 1.54) is 0 Å². The van der Waals surface area contributed by atoms with Gasteiger partial charge in [-0.05, 0) is 34.9 Å². The van der Waals surface area contributed by atoms with Crippen molar-refractivity contribution < 1.29 is 9.90 Å². The van der Waals surface area contributed by atoms with E-state index < -0.39 is 5.97 Å². The molecule has 0 bridgehead atoms. The Morgan fingerprint density at radius 3 is 2.71 bits per heavy atom. The molecule has 9 heteroatoms. The largest absolute Gasteiger partial charge is 0.478 e. The smallest absolute Gasteiger partial charge is 0.331 e. The molecule has 4 aromatic rings. The zero-order valence-electron chi connectivity index (χ0n) is 18.8. The van der Waals surface area contributed by atoms with Crippen LogP contribution in [0.4, 0.5) is 0 Å². The lowest BCUT2D eigenvalue weighted by Crippen LogP contribution is -2.10. The van der Waals surface area contributed by atoms with Gasteiger partial charge in [-0.1, -0.05) is 67.4 Å². The van der Waals surface area contributed by atoms with Gasteiger partial charge in [0.2, 0.25) is 5.82 Å². The molecule has 2 heterocycles. The van der Waals surface area contributed by atoms with Gasteiger partial charge in [0.15, 0.2) is 0 Å². The van der Waals surface area contributed by atoms with Gasteiger partial charge in [0.1, 0.15) is 5.82 Å². The van der Waals surface area contributed by atoms with Crippen molar-refractivity contribution in [2.24, 2.45) is 0 Å². The second-order valence-corrected chi connectivity index (χ2v) is 8.37. The number of nitrogens with zero attached hydrogens (tertiary/aromatic N) is 5. The maximum absolute atomic E-state index is 12.0. The van der Waals surface area contributed by atoms with Crippen LogP contribution in [0.3, 0.4) is 0 Å². The molecule has 2 aromatic heterocycles. The van der Waals surface area contributed by atoms with Crippen LogP contribution in [0.2, 0.25) is 5.02 Å². The first-order valence-corrected chi connectivity index (χ1v) is 11.5. The molecule has 174 valence electrons. The third-order valence-corrected chi connectivity index (χ3v) is 5.89. The molecule has 0 unspecified atom stereocenters. The minimum absolute atomic E-state index is 0.299. The molecule has 8 nitrogen and oxygen atoms in total. The summed E-state index contributed by atoms with van der Waals surface area (Å²) in [4.78, 5) is 16.6. The predicted octanol–water partition coefficient (Wildman–Crippen LogP) is 4.82. The Hall–Kier alpha value is -3.78. The number of aromatic amines is 1. The molecular formula is C25H25ClN6O2. The third kappa shape index (κ3) is 5.58. The quantitative estimate of drug-likeness (QED) is 0.317. The van der Waals surface area contributed by atoms with Crippen molar-refractivity contribution in [1.29, 1.82) is 0 Å². The summed E-state index contributed by atoms with van der Waals surface area (Å²) in [6, 6.07) is 15.2. The van der Waals surface area contributed by atoms with Gasteiger partial charge in [-0.25, -0.2) is 9.78 Å². The number of benzene rings is 2. The number of rotatable bonds is 10. The van der Waals surface area contributed by atoms with Crippen molar-refractivity contribution in [3.63, 3.8) is 0 Å². The highest BCUT2D eigenvalue weighted by Crippen LogP contribution is 2.25. The molecule has 0 fully saturated rings. The highest BCUT2D eigenvalue weighted by atomic mass is 35.5. The van der Waals surface area contributed by atoms with Gasteiger partial charge in [0, 0.05) is 29.0 Å². The predicted molar refractivity (Wildman–Crippen MR) is 130 cm³/mol. The van der Waals surface area contributed by atoms with Crippen LogP contribution < -0.4 is 0 Å². The van der Waals surface area contributed by atoms with E-state index in [0.717, 1.165) is 47.5 Å². The van der Waals surface area contributed by atoms with Crippen LogP contribution in [0.25, 0.3) is 17.5 Å². The Morgan fingerprint density at radius 1 is 1.21 bits per heavy atom. The van der Waals surface area contributed by atoms with E-state index in [1.54, 1.807) is 18.3 Å². The van der Waals surface area contributed by atoms with Crippen LogP contribution >= 0.6 is 11.6 Å². The van der Waals surface area contributed by atoms with Crippen LogP contribution in [-0.4, -0.2) is 41.3 Å². The summed E-state index contributed by atoms with van der Waals surface area (Å²) in [5.74, 6) is 0.417. The number of halogens is 1. The monoisotopic (exact) mass is 476 g/mol. The lowest BCUT2D eigenvalue weighted by atomic mass is 10.0. The lowest BCUT2D eigenvalue weighted by Gasteiger charge is -2.13. The molecule has 0 aliphatic carbocycles. The number of nitrogens with one attached hydrogen (secondary N) is 1. The number of aromatic nitrogens is 6. The molecular weight excluding hydrogens is 452 g/mol. The average molecular weight is 477 g/mol. The third-order valence-electron chi connectivity index (χ3n) is 5.54. The lowest BCUT2D eigenvalue weighted by molar-refractivity contribution is -0.132. The zero-order chi connectivity index (χ0) is 23.9. The van der Waals surface area contributed by atoms with Crippen molar-refractivity contribution in [1.82, 2.24) is 30.2 Å². The van der Waals surface area contributed by atoms with Crippen LogP contribution in [-0.2, 0) is 24.2 Å². The van der Waals surface area contributed by atoms with E-state index in [4.69, 9.17) is 11.6 Å². The van der Waals surface area contributed by atoms with Crippen molar-refractivity contribution in [3.05, 3.63) is 88.0 Å². The fraction of sp³-hybridized carbons (Fsp3) is 0.240. The summed E-state index contributed by atoms with van der Waals surface area (Å²) in [5.41, 5.74) is 3.62. The van der Waals surface area contributed by atoms with Crippen LogP contribution in [0.1, 0.15) is 42.4 Å². The number of H-pyrrole nitrogens is 1. The van der Waals surface area contributed by atoms with Crippen LogP contribution in [0, 0.1) is 0 Å². The number of aryl methyl sites for hydroxylation is 1. The number of unbranched alkanes of at least 4 members (excludes halogenated alkanes) is 1. The van der Waals surface area contributed by atoms with Gasteiger partial charge < -0.3 is 9.67 Å². The number of carbonyl (C=O) groups is 1. The first-order chi connectivity index (χ1) is 16.5. The number of carboxylic acid groups (broad SMARTS) is 1. The Bertz CT molecular complexity index is 1280. The summed E-state index contributed by atoms with van der Waals surface area (Å²) < 4.78 is 2.04. The molecule has 0 spiro atoms. The number of hydrogen-bond donors (Lipinski definition) is 2. The molecule has 0 aliphatic rings. The average Bonchev–Trinajstić information content (AvgIpc) is 3.50. The summed E-state index contributed by atoms with van der Waals surface area (Å²) in [7, 11) is 0. The van der Waals surface area contributed by atoms with E-state index in [9.17, 15) is 9.90 Å². The number of aliphatic carboxylic acids is 1. The summed E-state index contributed by atoms with van der Waals surface area (Å²) in [6.45, 7) is 2.60. The molecule has 0 amide bonds. The Labute approximate surface area is 202 Å². The van der Waals surface area contributed by atoms with Gasteiger partial charge in [-0.15, -0.1) is 10.2 Å². The second-order valence-electron chi connectivity index (χ2n) is 7.97.